The molecule has 0 radical (unpaired) electrons. The molecular formula is C17H21N3O8. The van der Waals surface area contributed by atoms with Crippen LogP contribution in [0.3, 0.4) is 0 Å². The quantitative estimate of drug-likeness (QED) is 0.418. The van der Waals surface area contributed by atoms with Crippen molar-refractivity contribution in [1.29, 1.82) is 0 Å². The third kappa shape index (κ3) is 5.63. The zero-order valence-electron chi connectivity index (χ0n) is 15.3. The van der Waals surface area contributed by atoms with Gasteiger partial charge in [-0.2, -0.15) is 0 Å². The summed E-state index contributed by atoms with van der Waals surface area (Å²) in [6, 6.07) is -0.670. The Hall–Kier alpha value is -3.24. The van der Waals surface area contributed by atoms with Crippen LogP contribution in [-0.2, 0) is 33.5 Å². The van der Waals surface area contributed by atoms with E-state index >= 15 is 0 Å². The number of nitrogens with zero attached hydrogens (tertiary/aromatic N) is 2. The van der Waals surface area contributed by atoms with Crippen molar-refractivity contribution in [2.45, 2.75) is 44.6 Å². The number of hydroxylamine groups is 2. The van der Waals surface area contributed by atoms with E-state index in [0.717, 1.165) is 4.90 Å². The largest absolute Gasteiger partial charge is 0.453 e. The van der Waals surface area contributed by atoms with E-state index in [1.54, 1.807) is 0 Å². The van der Waals surface area contributed by atoms with E-state index in [9.17, 15) is 28.8 Å². The van der Waals surface area contributed by atoms with Gasteiger partial charge in [0.15, 0.2) is 0 Å². The maximum atomic E-state index is 12.0. The Morgan fingerprint density at radius 3 is 2.25 bits per heavy atom. The Labute approximate surface area is 160 Å². The number of methoxy groups -OCH3 is 1. The van der Waals surface area contributed by atoms with E-state index in [0.29, 0.717) is 24.3 Å². The summed E-state index contributed by atoms with van der Waals surface area (Å²) >= 11 is 0. The molecule has 2 rings (SSSR count). The van der Waals surface area contributed by atoms with Crippen molar-refractivity contribution < 1.29 is 38.3 Å². The van der Waals surface area contributed by atoms with Crippen LogP contribution in [0.15, 0.2) is 12.2 Å². The lowest BCUT2D eigenvalue weighted by molar-refractivity contribution is -0.197. The first kappa shape index (κ1) is 21.1. The summed E-state index contributed by atoms with van der Waals surface area (Å²) in [6.07, 6.45) is 2.61. The van der Waals surface area contributed by atoms with Crippen LogP contribution in [0.5, 0.6) is 0 Å². The average molecular weight is 395 g/mol. The summed E-state index contributed by atoms with van der Waals surface area (Å²) < 4.78 is 4.52. The van der Waals surface area contributed by atoms with Crippen molar-refractivity contribution in [3.8, 4) is 0 Å². The van der Waals surface area contributed by atoms with E-state index in [4.69, 9.17) is 4.84 Å². The van der Waals surface area contributed by atoms with E-state index < -0.39 is 29.9 Å². The molecule has 2 aliphatic heterocycles. The van der Waals surface area contributed by atoms with Crippen molar-refractivity contribution in [3.05, 3.63) is 12.2 Å². The number of carbonyl (C=O) groups excluding carboxylic acids is 6. The highest BCUT2D eigenvalue weighted by atomic mass is 16.7. The molecule has 0 bridgehead atoms. The molecule has 152 valence electrons. The van der Waals surface area contributed by atoms with Gasteiger partial charge in [-0.1, -0.05) is 0 Å². The molecule has 1 N–H and O–H groups in total. The SMILES string of the molecule is COC(=O)NC(CCCCN1C(=O)C=CC1=O)CC(=O)ON1C(=O)CCC1=O. The summed E-state index contributed by atoms with van der Waals surface area (Å²) in [4.78, 5) is 75.4. The van der Waals surface area contributed by atoms with Crippen LogP contribution in [0, 0.1) is 0 Å². The standard InChI is InChI=1S/C17H21N3O8/c1-27-17(26)18-11(4-2-3-9-19-12(21)5-6-13(19)22)10-16(25)28-20-14(23)7-8-15(20)24/h5-6,11H,2-4,7-10H2,1H3,(H,18,26). The number of amides is 5. The number of alkyl carbamates (subject to hydrolysis) is 1. The molecule has 28 heavy (non-hydrogen) atoms. The molecule has 0 aromatic rings. The van der Waals surface area contributed by atoms with Crippen LogP contribution in [0.1, 0.15) is 38.5 Å². The van der Waals surface area contributed by atoms with Crippen molar-refractivity contribution in [1.82, 2.24) is 15.3 Å². The molecule has 1 atom stereocenters. The smallest absolute Gasteiger partial charge is 0.407 e. The van der Waals surface area contributed by atoms with Crippen molar-refractivity contribution in [2.24, 2.45) is 0 Å². The average Bonchev–Trinajstić information content (AvgIpc) is 3.14. The van der Waals surface area contributed by atoms with Gasteiger partial charge in [-0.15, -0.1) is 5.06 Å². The summed E-state index contributed by atoms with van der Waals surface area (Å²) in [5, 5.41) is 2.92. The highest BCUT2D eigenvalue weighted by molar-refractivity contribution is 6.12. The number of unbranched alkanes of at least 4 members (excludes halogenated alkanes) is 1. The second-order valence-electron chi connectivity index (χ2n) is 6.24. The van der Waals surface area contributed by atoms with Gasteiger partial charge in [0.05, 0.1) is 13.5 Å². The molecule has 1 fully saturated rings. The van der Waals surface area contributed by atoms with Crippen LogP contribution in [0.25, 0.3) is 0 Å². The predicted octanol–water partition coefficient (Wildman–Crippen LogP) is -0.196. The molecule has 5 amide bonds. The fourth-order valence-corrected chi connectivity index (χ4v) is 2.76. The molecule has 11 heteroatoms. The van der Waals surface area contributed by atoms with Gasteiger partial charge in [0.25, 0.3) is 23.6 Å². The normalized spacial score (nSPS) is 17.3. The molecule has 0 aliphatic carbocycles. The fraction of sp³-hybridized carbons (Fsp3) is 0.529. The van der Waals surface area contributed by atoms with Gasteiger partial charge >= 0.3 is 12.1 Å². The lowest BCUT2D eigenvalue weighted by Crippen LogP contribution is -2.39. The summed E-state index contributed by atoms with van der Waals surface area (Å²) in [5.41, 5.74) is 0. The van der Waals surface area contributed by atoms with Gasteiger partial charge in [0, 0.05) is 37.6 Å². The molecule has 11 nitrogen and oxygen atoms in total. The molecule has 2 heterocycles. The predicted molar refractivity (Wildman–Crippen MR) is 90.8 cm³/mol. The molecule has 1 saturated heterocycles. The third-order valence-corrected chi connectivity index (χ3v) is 4.20. The number of rotatable bonds is 9. The van der Waals surface area contributed by atoms with Crippen LogP contribution in [-0.4, -0.2) is 65.4 Å². The summed E-state index contributed by atoms with van der Waals surface area (Å²) in [6.45, 7) is 0.219. The second-order valence-corrected chi connectivity index (χ2v) is 6.24. The molecule has 0 aromatic carbocycles. The van der Waals surface area contributed by atoms with E-state index in [1.165, 1.54) is 19.3 Å². The van der Waals surface area contributed by atoms with Crippen LogP contribution >= 0.6 is 0 Å². The first-order chi connectivity index (χ1) is 13.3. The van der Waals surface area contributed by atoms with Gasteiger partial charge in [0.1, 0.15) is 0 Å². The first-order valence-electron chi connectivity index (χ1n) is 8.76. The highest BCUT2D eigenvalue weighted by Crippen LogP contribution is 2.15. The number of ether oxygens (including phenoxy) is 1. The van der Waals surface area contributed by atoms with Crippen LogP contribution in [0.4, 0.5) is 4.79 Å². The molecule has 0 saturated carbocycles. The molecular weight excluding hydrogens is 374 g/mol. The van der Waals surface area contributed by atoms with Crippen molar-refractivity contribution in [3.63, 3.8) is 0 Å². The van der Waals surface area contributed by atoms with Gasteiger partial charge < -0.3 is 14.9 Å². The summed E-state index contributed by atoms with van der Waals surface area (Å²) in [5.74, 6) is -2.79. The molecule has 1 unspecified atom stereocenters. The second kappa shape index (κ2) is 9.62. The zero-order valence-corrected chi connectivity index (χ0v) is 15.3. The minimum atomic E-state index is -0.848. The van der Waals surface area contributed by atoms with Gasteiger partial charge in [-0.25, -0.2) is 9.59 Å². The van der Waals surface area contributed by atoms with Gasteiger partial charge in [-0.3, -0.25) is 24.1 Å². The number of nitrogens with one attached hydrogen (secondary N) is 1. The number of hydrogen-bond acceptors (Lipinski definition) is 8. The van der Waals surface area contributed by atoms with Gasteiger partial charge in [-0.05, 0) is 19.3 Å². The Morgan fingerprint density at radius 1 is 1.07 bits per heavy atom. The Kier molecular flexibility index (Phi) is 7.24. The van der Waals surface area contributed by atoms with Crippen LogP contribution in [0.2, 0.25) is 0 Å². The molecule has 0 spiro atoms. The lowest BCUT2D eigenvalue weighted by atomic mass is 10.1. The topological polar surface area (TPSA) is 139 Å². The Balaban J connectivity index is 1.81. The van der Waals surface area contributed by atoms with E-state index in [-0.39, 0.29) is 37.6 Å². The van der Waals surface area contributed by atoms with Crippen molar-refractivity contribution in [2.75, 3.05) is 13.7 Å². The minimum absolute atomic E-state index is 0.0151. The first-order valence-corrected chi connectivity index (χ1v) is 8.76. The zero-order chi connectivity index (χ0) is 20.7. The number of carbonyl (C=O) groups is 6. The lowest BCUT2D eigenvalue weighted by Gasteiger charge is -2.19. The highest BCUT2D eigenvalue weighted by Gasteiger charge is 2.33. The van der Waals surface area contributed by atoms with E-state index in [1.807, 2.05) is 0 Å². The van der Waals surface area contributed by atoms with Crippen molar-refractivity contribution >= 4 is 35.7 Å². The molecule has 0 aromatic heterocycles. The Morgan fingerprint density at radius 2 is 1.68 bits per heavy atom. The monoisotopic (exact) mass is 395 g/mol. The van der Waals surface area contributed by atoms with E-state index in [2.05, 4.69) is 10.1 Å². The number of imide groups is 2. The summed E-state index contributed by atoms with van der Waals surface area (Å²) in [7, 11) is 1.17. The maximum absolute atomic E-state index is 12.0. The third-order valence-electron chi connectivity index (χ3n) is 4.20. The molecule has 2 aliphatic rings. The maximum Gasteiger partial charge on any atom is 0.407 e. The van der Waals surface area contributed by atoms with Gasteiger partial charge in [0.2, 0.25) is 0 Å². The number of hydrogen-bond donors (Lipinski definition) is 1. The fourth-order valence-electron chi connectivity index (χ4n) is 2.76. The minimum Gasteiger partial charge on any atom is -0.453 e. The Bertz CT molecular complexity index is 683. The van der Waals surface area contributed by atoms with Crippen LogP contribution < -0.4 is 5.32 Å².